The lowest BCUT2D eigenvalue weighted by Gasteiger charge is -2.03. The molecule has 2 aromatic rings. The fourth-order valence-electron chi connectivity index (χ4n) is 1.50. The van der Waals surface area contributed by atoms with Crippen LogP contribution in [0.15, 0.2) is 18.6 Å². The molecule has 0 unspecified atom stereocenters. The average molecular weight is 262 g/mol. The highest BCUT2D eigenvalue weighted by Crippen LogP contribution is 2.06. The summed E-state index contributed by atoms with van der Waals surface area (Å²) in [7, 11) is 0. The smallest absolute Gasteiger partial charge is 0.325 e. The third-order valence-corrected chi connectivity index (χ3v) is 2.42. The fraction of sp³-hybridized carbons (Fsp3) is 0.364. The number of carbonyl (C=O) groups is 1. The molecule has 0 amide bonds. The molecule has 2 heterocycles. The van der Waals surface area contributed by atoms with Crippen LogP contribution in [0.3, 0.4) is 0 Å². The maximum atomic E-state index is 10.5. The van der Waals surface area contributed by atoms with E-state index in [2.05, 4.69) is 25.6 Å². The van der Waals surface area contributed by atoms with Crippen LogP contribution in [0.4, 0.5) is 5.82 Å². The first-order valence-corrected chi connectivity index (χ1v) is 5.83. The number of aryl methyl sites for hydroxylation is 1. The van der Waals surface area contributed by atoms with Gasteiger partial charge in [-0.25, -0.2) is 14.6 Å². The third-order valence-electron chi connectivity index (χ3n) is 2.42. The first-order chi connectivity index (χ1) is 9.17. The van der Waals surface area contributed by atoms with Gasteiger partial charge in [0.25, 0.3) is 0 Å². The van der Waals surface area contributed by atoms with Crippen molar-refractivity contribution in [1.29, 1.82) is 0 Å². The lowest BCUT2D eigenvalue weighted by Crippen LogP contribution is -2.09. The van der Waals surface area contributed by atoms with Gasteiger partial charge in [-0.3, -0.25) is 4.79 Å². The van der Waals surface area contributed by atoms with Crippen LogP contribution >= 0.6 is 0 Å². The molecule has 0 aliphatic rings. The summed E-state index contributed by atoms with van der Waals surface area (Å²) in [6.45, 7) is 2.25. The maximum Gasteiger partial charge on any atom is 0.325 e. The topological polar surface area (TPSA) is 106 Å². The highest BCUT2D eigenvalue weighted by atomic mass is 16.4. The van der Waals surface area contributed by atoms with Crippen molar-refractivity contribution < 1.29 is 9.90 Å². The second-order valence-electron chi connectivity index (χ2n) is 3.90. The van der Waals surface area contributed by atoms with E-state index in [4.69, 9.17) is 5.11 Å². The summed E-state index contributed by atoms with van der Waals surface area (Å²) >= 11 is 0. The molecule has 0 saturated carbocycles. The Kier molecular flexibility index (Phi) is 4.01. The molecule has 0 radical (unpaired) electrons. The zero-order chi connectivity index (χ0) is 13.7. The van der Waals surface area contributed by atoms with Gasteiger partial charge in [-0.1, -0.05) is 12.1 Å². The van der Waals surface area contributed by atoms with Crippen LogP contribution < -0.4 is 5.32 Å². The molecule has 100 valence electrons. The van der Waals surface area contributed by atoms with Gasteiger partial charge in [0.1, 0.15) is 24.4 Å². The molecule has 19 heavy (non-hydrogen) atoms. The Hall–Kier alpha value is -2.51. The summed E-state index contributed by atoms with van der Waals surface area (Å²) in [5.41, 5.74) is 1.60. The number of aromatic nitrogens is 5. The van der Waals surface area contributed by atoms with Crippen LogP contribution in [0.5, 0.6) is 0 Å². The number of carboxylic acid groups (broad SMARTS) is 1. The van der Waals surface area contributed by atoms with E-state index in [9.17, 15) is 4.79 Å². The van der Waals surface area contributed by atoms with Gasteiger partial charge in [-0.15, -0.1) is 5.10 Å². The molecular weight excluding hydrogens is 248 g/mol. The SMILES string of the molecule is CCc1cc(NCc2cn(CC(=O)O)nn2)ncn1. The predicted molar refractivity (Wildman–Crippen MR) is 66.4 cm³/mol. The van der Waals surface area contributed by atoms with Gasteiger partial charge >= 0.3 is 5.97 Å². The highest BCUT2D eigenvalue weighted by molar-refractivity contribution is 5.66. The lowest BCUT2D eigenvalue weighted by atomic mass is 10.3. The van der Waals surface area contributed by atoms with Gasteiger partial charge in [0.05, 0.1) is 12.7 Å². The van der Waals surface area contributed by atoms with E-state index in [1.165, 1.54) is 11.0 Å². The summed E-state index contributed by atoms with van der Waals surface area (Å²) in [4.78, 5) is 18.7. The number of rotatable bonds is 6. The number of carboxylic acids is 1. The number of hydrogen-bond acceptors (Lipinski definition) is 6. The quantitative estimate of drug-likeness (QED) is 0.772. The molecule has 0 bridgehead atoms. The number of anilines is 1. The van der Waals surface area contributed by atoms with Crippen LogP contribution in [-0.2, 0) is 24.3 Å². The number of hydrogen-bond donors (Lipinski definition) is 2. The van der Waals surface area contributed by atoms with Gasteiger partial charge < -0.3 is 10.4 Å². The first-order valence-electron chi connectivity index (χ1n) is 5.83. The van der Waals surface area contributed by atoms with Crippen LogP contribution in [-0.4, -0.2) is 36.0 Å². The number of nitrogens with zero attached hydrogens (tertiary/aromatic N) is 5. The van der Waals surface area contributed by atoms with Crippen LogP contribution in [0, 0.1) is 0 Å². The zero-order valence-corrected chi connectivity index (χ0v) is 10.4. The maximum absolute atomic E-state index is 10.5. The van der Waals surface area contributed by atoms with E-state index in [0.29, 0.717) is 18.1 Å². The van der Waals surface area contributed by atoms with Crippen molar-refractivity contribution in [3.05, 3.63) is 30.0 Å². The predicted octanol–water partition coefficient (Wildman–Crippen LogP) is 0.327. The standard InChI is InChI=1S/C11H14N6O2/c1-2-8-3-10(14-7-13-8)12-4-9-5-17(16-15-9)6-11(18)19/h3,5,7H,2,4,6H2,1H3,(H,18,19)(H,12,13,14). The van der Waals surface area contributed by atoms with Crippen molar-refractivity contribution in [2.75, 3.05) is 5.32 Å². The minimum atomic E-state index is -0.951. The van der Waals surface area contributed by atoms with E-state index in [0.717, 1.165) is 12.1 Å². The van der Waals surface area contributed by atoms with Crippen molar-refractivity contribution in [3.8, 4) is 0 Å². The summed E-state index contributed by atoms with van der Waals surface area (Å²) in [5, 5.41) is 19.3. The van der Waals surface area contributed by atoms with Crippen LogP contribution in [0.1, 0.15) is 18.3 Å². The normalized spacial score (nSPS) is 10.4. The molecule has 2 rings (SSSR count). The summed E-state index contributed by atoms with van der Waals surface area (Å²) in [6, 6.07) is 1.86. The molecule has 8 nitrogen and oxygen atoms in total. The average Bonchev–Trinajstić information content (AvgIpc) is 2.83. The molecular formula is C11H14N6O2. The van der Waals surface area contributed by atoms with Crippen molar-refractivity contribution in [2.45, 2.75) is 26.4 Å². The largest absolute Gasteiger partial charge is 0.480 e. The third kappa shape index (κ3) is 3.73. The Morgan fingerprint density at radius 1 is 1.42 bits per heavy atom. The van der Waals surface area contributed by atoms with E-state index in [1.54, 1.807) is 6.20 Å². The lowest BCUT2D eigenvalue weighted by molar-refractivity contribution is -0.137. The minimum Gasteiger partial charge on any atom is -0.480 e. The van der Waals surface area contributed by atoms with Gasteiger partial charge in [-0.05, 0) is 6.42 Å². The van der Waals surface area contributed by atoms with Crippen molar-refractivity contribution in [3.63, 3.8) is 0 Å². The first kappa shape index (κ1) is 12.9. The van der Waals surface area contributed by atoms with Gasteiger partial charge in [0.15, 0.2) is 0 Å². The Bertz CT molecular complexity index is 568. The summed E-state index contributed by atoms with van der Waals surface area (Å²) in [6.07, 6.45) is 3.93. The monoisotopic (exact) mass is 262 g/mol. The van der Waals surface area contributed by atoms with Crippen molar-refractivity contribution in [1.82, 2.24) is 25.0 Å². The summed E-state index contributed by atoms with van der Waals surface area (Å²) in [5.74, 6) is -0.243. The minimum absolute atomic E-state index is 0.194. The fourth-order valence-corrected chi connectivity index (χ4v) is 1.50. The Morgan fingerprint density at radius 2 is 2.26 bits per heavy atom. The molecule has 2 aromatic heterocycles. The Morgan fingerprint density at radius 3 is 3.00 bits per heavy atom. The second-order valence-corrected chi connectivity index (χ2v) is 3.90. The number of nitrogens with one attached hydrogen (secondary N) is 1. The second kappa shape index (κ2) is 5.89. The van der Waals surface area contributed by atoms with E-state index in [-0.39, 0.29) is 6.54 Å². The van der Waals surface area contributed by atoms with Crippen LogP contribution in [0.2, 0.25) is 0 Å². The summed E-state index contributed by atoms with van der Waals surface area (Å²) < 4.78 is 1.27. The van der Waals surface area contributed by atoms with E-state index in [1.807, 2.05) is 13.0 Å². The molecule has 8 heteroatoms. The van der Waals surface area contributed by atoms with Gasteiger partial charge in [0, 0.05) is 11.8 Å². The molecule has 0 aromatic carbocycles. The Labute approximate surface area is 109 Å². The molecule has 2 N–H and O–H groups in total. The molecule has 0 fully saturated rings. The van der Waals surface area contributed by atoms with E-state index >= 15 is 0 Å². The van der Waals surface area contributed by atoms with Gasteiger partial charge in [0.2, 0.25) is 0 Å². The van der Waals surface area contributed by atoms with Gasteiger partial charge in [-0.2, -0.15) is 0 Å². The molecule has 0 spiro atoms. The van der Waals surface area contributed by atoms with Crippen molar-refractivity contribution in [2.24, 2.45) is 0 Å². The van der Waals surface area contributed by atoms with Crippen molar-refractivity contribution >= 4 is 11.8 Å². The van der Waals surface area contributed by atoms with E-state index < -0.39 is 5.97 Å². The molecule has 0 atom stereocenters. The number of aliphatic carboxylic acids is 1. The van der Waals surface area contributed by atoms with Crippen LogP contribution in [0.25, 0.3) is 0 Å². The zero-order valence-electron chi connectivity index (χ0n) is 10.4. The molecule has 0 aliphatic heterocycles. The molecule has 0 aliphatic carbocycles. The highest BCUT2D eigenvalue weighted by Gasteiger charge is 2.04. The Balaban J connectivity index is 1.94. The molecule has 0 saturated heterocycles.